The van der Waals surface area contributed by atoms with Crippen LogP contribution in [0.15, 0.2) is 70.4 Å². The SMILES string of the molecule is COc1ccccc1-c1cc2n(c(=O)c1)S(=O)(=O)c1ccccc1-2. The summed E-state index contributed by atoms with van der Waals surface area (Å²) < 4.78 is 31.4. The lowest BCUT2D eigenvalue weighted by atomic mass is 10.0. The monoisotopic (exact) mass is 339 g/mol. The molecular formula is C18H13NO4S. The Balaban J connectivity index is 2.06. The van der Waals surface area contributed by atoms with Crippen molar-refractivity contribution in [2.24, 2.45) is 0 Å². The van der Waals surface area contributed by atoms with Crippen LogP contribution in [0.4, 0.5) is 0 Å². The third-order valence-electron chi connectivity index (χ3n) is 4.09. The summed E-state index contributed by atoms with van der Waals surface area (Å²) in [6.07, 6.45) is 0. The molecule has 120 valence electrons. The second-order valence-corrected chi connectivity index (χ2v) is 7.19. The fourth-order valence-electron chi connectivity index (χ4n) is 3.03. The van der Waals surface area contributed by atoms with E-state index in [1.54, 1.807) is 37.4 Å². The van der Waals surface area contributed by atoms with Crippen LogP contribution in [0.25, 0.3) is 22.4 Å². The van der Waals surface area contributed by atoms with Crippen LogP contribution in [0.2, 0.25) is 0 Å². The molecule has 0 saturated carbocycles. The summed E-state index contributed by atoms with van der Waals surface area (Å²) in [5.41, 5.74) is 1.69. The van der Waals surface area contributed by atoms with Gasteiger partial charge in [0, 0.05) is 17.2 Å². The number of hydrogen-bond acceptors (Lipinski definition) is 4. The summed E-state index contributed by atoms with van der Waals surface area (Å²) in [7, 11) is -2.28. The molecule has 0 radical (unpaired) electrons. The van der Waals surface area contributed by atoms with Gasteiger partial charge in [-0.15, -0.1) is 0 Å². The van der Waals surface area contributed by atoms with Crippen molar-refractivity contribution in [3.63, 3.8) is 0 Å². The van der Waals surface area contributed by atoms with E-state index in [-0.39, 0.29) is 4.90 Å². The van der Waals surface area contributed by atoms with Crippen molar-refractivity contribution in [3.05, 3.63) is 71.0 Å². The summed E-state index contributed by atoms with van der Waals surface area (Å²) in [5, 5.41) is 0. The fourth-order valence-corrected chi connectivity index (χ4v) is 4.63. The molecule has 24 heavy (non-hydrogen) atoms. The van der Waals surface area contributed by atoms with Gasteiger partial charge in [0.05, 0.1) is 17.7 Å². The number of aromatic nitrogens is 1. The highest BCUT2D eigenvalue weighted by Crippen LogP contribution is 2.38. The van der Waals surface area contributed by atoms with Crippen molar-refractivity contribution in [1.29, 1.82) is 0 Å². The lowest BCUT2D eigenvalue weighted by Gasteiger charge is -2.10. The first kappa shape index (κ1) is 14.7. The Morgan fingerprint density at radius 1 is 0.917 bits per heavy atom. The maximum absolute atomic E-state index is 12.6. The van der Waals surface area contributed by atoms with Gasteiger partial charge in [0.1, 0.15) is 5.75 Å². The Hall–Kier alpha value is -2.86. The molecule has 2 aromatic carbocycles. The van der Waals surface area contributed by atoms with E-state index in [4.69, 9.17) is 4.74 Å². The summed E-state index contributed by atoms with van der Waals surface area (Å²) in [5.74, 6) is 0.621. The van der Waals surface area contributed by atoms with Gasteiger partial charge in [-0.3, -0.25) is 4.79 Å². The predicted molar refractivity (Wildman–Crippen MR) is 90.7 cm³/mol. The van der Waals surface area contributed by atoms with E-state index < -0.39 is 15.6 Å². The second-order valence-electron chi connectivity index (χ2n) is 5.43. The molecule has 0 bridgehead atoms. The lowest BCUT2D eigenvalue weighted by Crippen LogP contribution is -2.24. The number of rotatable bonds is 2. The third-order valence-corrected chi connectivity index (χ3v) is 5.86. The quantitative estimate of drug-likeness (QED) is 0.563. The number of hydrogen-bond donors (Lipinski definition) is 0. The first-order chi connectivity index (χ1) is 11.5. The number of benzene rings is 2. The van der Waals surface area contributed by atoms with Crippen LogP contribution in [0, 0.1) is 0 Å². The highest BCUT2D eigenvalue weighted by Gasteiger charge is 2.33. The maximum atomic E-state index is 12.6. The van der Waals surface area contributed by atoms with Crippen LogP contribution in [0.1, 0.15) is 0 Å². The first-order valence-corrected chi connectivity index (χ1v) is 8.73. The fraction of sp³-hybridized carbons (Fsp3) is 0.0556. The van der Waals surface area contributed by atoms with Gasteiger partial charge >= 0.3 is 0 Å². The van der Waals surface area contributed by atoms with Crippen molar-refractivity contribution >= 4 is 10.0 Å². The minimum atomic E-state index is -3.84. The molecule has 0 N–H and O–H groups in total. The van der Waals surface area contributed by atoms with Crippen molar-refractivity contribution in [1.82, 2.24) is 3.97 Å². The molecule has 0 atom stereocenters. The molecule has 3 aromatic rings. The van der Waals surface area contributed by atoms with E-state index >= 15 is 0 Å². The molecule has 0 unspecified atom stereocenters. The van der Waals surface area contributed by atoms with Crippen LogP contribution in [-0.2, 0) is 10.0 Å². The molecule has 1 aromatic heterocycles. The standard InChI is InChI=1S/C18H13NO4S/c1-23-16-8-4-2-6-13(16)12-10-15-14-7-3-5-9-17(14)24(21,22)19(15)18(20)11-12/h2-11H,1H3. The zero-order chi connectivity index (χ0) is 16.9. The van der Waals surface area contributed by atoms with E-state index in [1.807, 2.05) is 18.2 Å². The van der Waals surface area contributed by atoms with Gasteiger partial charge < -0.3 is 4.74 Å². The largest absolute Gasteiger partial charge is 0.496 e. The summed E-state index contributed by atoms with van der Waals surface area (Å²) in [4.78, 5) is 12.7. The topological polar surface area (TPSA) is 65.4 Å². The zero-order valence-electron chi connectivity index (χ0n) is 12.8. The van der Waals surface area contributed by atoms with Crippen LogP contribution in [0.3, 0.4) is 0 Å². The first-order valence-electron chi connectivity index (χ1n) is 7.29. The lowest BCUT2D eigenvalue weighted by molar-refractivity contribution is 0.416. The van der Waals surface area contributed by atoms with Crippen LogP contribution in [0.5, 0.6) is 5.75 Å². The van der Waals surface area contributed by atoms with E-state index in [0.29, 0.717) is 22.6 Å². The normalized spacial score (nSPS) is 14.0. The van der Waals surface area contributed by atoms with Crippen LogP contribution >= 0.6 is 0 Å². The molecule has 4 rings (SSSR count). The van der Waals surface area contributed by atoms with Gasteiger partial charge in [0.2, 0.25) is 0 Å². The van der Waals surface area contributed by atoms with Crippen molar-refractivity contribution in [2.75, 3.05) is 7.11 Å². The number of para-hydroxylation sites is 1. The number of fused-ring (bicyclic) bond motifs is 3. The molecule has 0 saturated heterocycles. The Kier molecular flexibility index (Phi) is 3.11. The Morgan fingerprint density at radius 3 is 2.33 bits per heavy atom. The molecule has 2 heterocycles. The average Bonchev–Trinajstić information content (AvgIpc) is 2.83. The number of methoxy groups -OCH3 is 1. The number of nitrogens with zero attached hydrogens (tertiary/aromatic N) is 1. The molecule has 0 aliphatic carbocycles. The summed E-state index contributed by atoms with van der Waals surface area (Å²) in [6, 6.07) is 17.0. The van der Waals surface area contributed by atoms with E-state index in [9.17, 15) is 13.2 Å². The molecular weight excluding hydrogens is 326 g/mol. The predicted octanol–water partition coefficient (Wildman–Crippen LogP) is 2.74. The van der Waals surface area contributed by atoms with Gasteiger partial charge in [-0.05, 0) is 23.8 Å². The Morgan fingerprint density at radius 2 is 1.58 bits per heavy atom. The van der Waals surface area contributed by atoms with Crippen molar-refractivity contribution in [3.8, 4) is 28.1 Å². The average molecular weight is 339 g/mol. The molecule has 6 heteroatoms. The zero-order valence-corrected chi connectivity index (χ0v) is 13.6. The van der Waals surface area contributed by atoms with Crippen molar-refractivity contribution in [2.45, 2.75) is 4.90 Å². The maximum Gasteiger partial charge on any atom is 0.271 e. The Labute approximate surface area is 138 Å². The van der Waals surface area contributed by atoms with Gasteiger partial charge in [-0.1, -0.05) is 36.4 Å². The highest BCUT2D eigenvalue weighted by molar-refractivity contribution is 7.90. The summed E-state index contributed by atoms with van der Waals surface area (Å²) >= 11 is 0. The van der Waals surface area contributed by atoms with Gasteiger partial charge in [0.25, 0.3) is 15.6 Å². The van der Waals surface area contributed by atoms with Crippen LogP contribution < -0.4 is 10.3 Å². The summed E-state index contributed by atoms with van der Waals surface area (Å²) in [6.45, 7) is 0. The molecule has 0 fully saturated rings. The molecule has 0 spiro atoms. The van der Waals surface area contributed by atoms with Gasteiger partial charge in [0.15, 0.2) is 0 Å². The molecule has 1 aliphatic rings. The third kappa shape index (κ3) is 1.93. The van der Waals surface area contributed by atoms with Crippen LogP contribution in [-0.4, -0.2) is 19.5 Å². The highest BCUT2D eigenvalue weighted by atomic mass is 32.2. The second kappa shape index (κ2) is 5.07. The van der Waals surface area contributed by atoms with Crippen molar-refractivity contribution < 1.29 is 13.2 Å². The van der Waals surface area contributed by atoms with Gasteiger partial charge in [-0.2, -0.15) is 3.97 Å². The minimum absolute atomic E-state index is 0.152. The minimum Gasteiger partial charge on any atom is -0.496 e. The molecule has 5 nitrogen and oxygen atoms in total. The molecule has 0 amide bonds. The van der Waals surface area contributed by atoms with E-state index in [2.05, 4.69) is 0 Å². The molecule has 1 aliphatic heterocycles. The Bertz CT molecular complexity index is 1130. The van der Waals surface area contributed by atoms with E-state index in [0.717, 1.165) is 9.54 Å². The number of ether oxygens (including phenoxy) is 1. The van der Waals surface area contributed by atoms with Gasteiger partial charge in [-0.25, -0.2) is 8.42 Å². The number of pyridine rings is 1. The smallest absolute Gasteiger partial charge is 0.271 e. The van der Waals surface area contributed by atoms with E-state index in [1.165, 1.54) is 12.1 Å².